The Kier molecular flexibility index (Phi) is 4.36. The summed E-state index contributed by atoms with van der Waals surface area (Å²) in [6.45, 7) is -0.172. The summed E-state index contributed by atoms with van der Waals surface area (Å²) in [5, 5.41) is 10.5. The zero-order valence-electron chi connectivity index (χ0n) is 8.92. The summed E-state index contributed by atoms with van der Waals surface area (Å²) in [5.41, 5.74) is 1.64. The van der Waals surface area contributed by atoms with Crippen LogP contribution in [0.5, 0.6) is 0 Å². The van der Waals surface area contributed by atoms with Crippen molar-refractivity contribution in [3.8, 4) is 11.3 Å². The summed E-state index contributed by atoms with van der Waals surface area (Å²) in [6, 6.07) is 6.53. The fourth-order valence-corrected chi connectivity index (χ4v) is 2.73. The molecule has 0 saturated carbocycles. The van der Waals surface area contributed by atoms with Crippen LogP contribution in [0.1, 0.15) is 5.56 Å². The van der Waals surface area contributed by atoms with E-state index in [-0.39, 0.29) is 11.8 Å². The van der Waals surface area contributed by atoms with Gasteiger partial charge in [0.2, 0.25) is 0 Å². The van der Waals surface area contributed by atoms with Crippen LogP contribution in [0.15, 0.2) is 24.3 Å². The molecule has 94 valence electrons. The third-order valence-electron chi connectivity index (χ3n) is 2.36. The lowest BCUT2D eigenvalue weighted by atomic mass is 10.1. The standard InChI is InChI=1S/C12H7Cl4NO/c13-7-3-8(14)11(9(15)4-7)10-2-1-6(5-18)12(16)17-10/h1-4,18H,5H2. The molecule has 1 aromatic heterocycles. The molecule has 6 heteroatoms. The molecule has 0 radical (unpaired) electrons. The number of nitrogens with zero attached hydrogens (tertiary/aromatic N) is 1. The van der Waals surface area contributed by atoms with Crippen molar-refractivity contribution in [1.29, 1.82) is 0 Å². The Bertz CT molecular complexity index is 578. The lowest BCUT2D eigenvalue weighted by molar-refractivity contribution is 0.281. The van der Waals surface area contributed by atoms with Crippen molar-refractivity contribution in [2.24, 2.45) is 0 Å². The Hall–Kier alpha value is -0.510. The molecule has 0 fully saturated rings. The molecule has 2 nitrogen and oxygen atoms in total. The number of aliphatic hydroxyl groups is 1. The molecule has 0 aliphatic carbocycles. The van der Waals surface area contributed by atoms with Gasteiger partial charge in [0.25, 0.3) is 0 Å². The minimum atomic E-state index is -0.172. The molecule has 1 heterocycles. The first kappa shape index (κ1) is 13.9. The maximum atomic E-state index is 9.03. The largest absolute Gasteiger partial charge is 0.392 e. The van der Waals surface area contributed by atoms with Crippen LogP contribution >= 0.6 is 46.4 Å². The molecule has 2 aromatic rings. The quantitative estimate of drug-likeness (QED) is 0.801. The van der Waals surface area contributed by atoms with Crippen LogP contribution in [0.25, 0.3) is 11.3 Å². The van der Waals surface area contributed by atoms with Crippen LogP contribution in [-0.2, 0) is 6.61 Å². The molecule has 0 aliphatic rings. The van der Waals surface area contributed by atoms with Gasteiger partial charge in [-0.2, -0.15) is 0 Å². The van der Waals surface area contributed by atoms with Crippen molar-refractivity contribution >= 4 is 46.4 Å². The molecule has 0 unspecified atom stereocenters. The number of pyridine rings is 1. The highest BCUT2D eigenvalue weighted by molar-refractivity contribution is 6.41. The van der Waals surface area contributed by atoms with E-state index in [9.17, 15) is 0 Å². The van der Waals surface area contributed by atoms with Crippen molar-refractivity contribution in [3.05, 3.63) is 50.0 Å². The fraction of sp³-hybridized carbons (Fsp3) is 0.0833. The molecule has 0 aliphatic heterocycles. The van der Waals surface area contributed by atoms with E-state index < -0.39 is 0 Å². The van der Waals surface area contributed by atoms with Crippen LogP contribution < -0.4 is 0 Å². The van der Waals surface area contributed by atoms with E-state index in [4.69, 9.17) is 51.5 Å². The van der Waals surface area contributed by atoms with Gasteiger partial charge in [0, 0.05) is 16.1 Å². The predicted octanol–water partition coefficient (Wildman–Crippen LogP) is 4.85. The molecule has 0 atom stereocenters. The Balaban J connectivity index is 2.59. The number of halogens is 4. The van der Waals surface area contributed by atoms with Crippen molar-refractivity contribution in [3.63, 3.8) is 0 Å². The van der Waals surface area contributed by atoms with Crippen LogP contribution in [0.4, 0.5) is 0 Å². The average molecular weight is 323 g/mol. The number of rotatable bonds is 2. The van der Waals surface area contributed by atoms with Gasteiger partial charge in [-0.3, -0.25) is 0 Å². The van der Waals surface area contributed by atoms with Gasteiger partial charge in [0.1, 0.15) is 5.15 Å². The number of aromatic nitrogens is 1. The third kappa shape index (κ3) is 2.73. The zero-order valence-corrected chi connectivity index (χ0v) is 11.9. The first-order chi connectivity index (χ1) is 8.52. The molecule has 0 saturated heterocycles. The molecular formula is C12H7Cl4NO. The molecule has 2 rings (SSSR count). The second-order valence-electron chi connectivity index (χ2n) is 3.55. The van der Waals surface area contributed by atoms with E-state index in [1.165, 1.54) is 0 Å². The van der Waals surface area contributed by atoms with Crippen molar-refractivity contribution in [2.45, 2.75) is 6.61 Å². The maximum Gasteiger partial charge on any atom is 0.135 e. The van der Waals surface area contributed by atoms with Crippen molar-refractivity contribution in [1.82, 2.24) is 4.98 Å². The second-order valence-corrected chi connectivity index (χ2v) is 5.16. The van der Waals surface area contributed by atoms with Crippen LogP contribution in [0.3, 0.4) is 0 Å². The number of benzene rings is 1. The number of aliphatic hydroxyl groups excluding tert-OH is 1. The van der Waals surface area contributed by atoms with E-state index in [1.54, 1.807) is 24.3 Å². The number of hydrogen-bond donors (Lipinski definition) is 1. The monoisotopic (exact) mass is 321 g/mol. The summed E-state index contributed by atoms with van der Waals surface area (Å²) in [4.78, 5) is 4.16. The van der Waals surface area contributed by atoms with Gasteiger partial charge in [-0.25, -0.2) is 4.98 Å². The Morgan fingerprint density at radius 2 is 1.61 bits per heavy atom. The van der Waals surface area contributed by atoms with Gasteiger partial charge in [-0.15, -0.1) is 0 Å². The van der Waals surface area contributed by atoms with E-state index >= 15 is 0 Å². The highest BCUT2D eigenvalue weighted by Gasteiger charge is 2.13. The van der Waals surface area contributed by atoms with Gasteiger partial charge in [0.15, 0.2) is 0 Å². The SMILES string of the molecule is OCc1ccc(-c2c(Cl)cc(Cl)cc2Cl)nc1Cl. The minimum Gasteiger partial charge on any atom is -0.392 e. The summed E-state index contributed by atoms with van der Waals surface area (Å²) in [5.74, 6) is 0. The average Bonchev–Trinajstić information content (AvgIpc) is 2.27. The van der Waals surface area contributed by atoms with Crippen LogP contribution in [-0.4, -0.2) is 10.1 Å². The molecule has 1 N–H and O–H groups in total. The highest BCUT2D eigenvalue weighted by atomic mass is 35.5. The van der Waals surface area contributed by atoms with Gasteiger partial charge in [-0.1, -0.05) is 52.5 Å². The Labute approximate surface area is 124 Å². The summed E-state index contributed by atoms with van der Waals surface area (Å²) in [7, 11) is 0. The Morgan fingerprint density at radius 3 is 2.11 bits per heavy atom. The van der Waals surface area contributed by atoms with Crippen LogP contribution in [0.2, 0.25) is 20.2 Å². The molecular weight excluding hydrogens is 316 g/mol. The molecule has 0 bridgehead atoms. The lowest BCUT2D eigenvalue weighted by Crippen LogP contribution is -1.92. The minimum absolute atomic E-state index is 0.172. The molecule has 0 spiro atoms. The first-order valence-corrected chi connectivity index (χ1v) is 6.45. The van der Waals surface area contributed by atoms with Gasteiger partial charge in [-0.05, 0) is 18.2 Å². The van der Waals surface area contributed by atoms with Crippen molar-refractivity contribution in [2.75, 3.05) is 0 Å². The van der Waals surface area contributed by atoms with Gasteiger partial charge < -0.3 is 5.11 Å². The summed E-state index contributed by atoms with van der Waals surface area (Å²) >= 11 is 24.0. The van der Waals surface area contributed by atoms with E-state index in [0.29, 0.717) is 31.9 Å². The van der Waals surface area contributed by atoms with Gasteiger partial charge in [0.05, 0.1) is 22.3 Å². The smallest absolute Gasteiger partial charge is 0.135 e. The van der Waals surface area contributed by atoms with E-state index in [2.05, 4.69) is 4.98 Å². The zero-order chi connectivity index (χ0) is 13.3. The third-order valence-corrected chi connectivity index (χ3v) is 3.50. The summed E-state index contributed by atoms with van der Waals surface area (Å²) in [6.07, 6.45) is 0. The number of hydrogen-bond acceptors (Lipinski definition) is 2. The fourth-order valence-electron chi connectivity index (χ4n) is 1.51. The lowest BCUT2D eigenvalue weighted by Gasteiger charge is -2.09. The molecule has 18 heavy (non-hydrogen) atoms. The van der Waals surface area contributed by atoms with Gasteiger partial charge >= 0.3 is 0 Å². The predicted molar refractivity (Wildman–Crippen MR) is 75.6 cm³/mol. The first-order valence-electron chi connectivity index (χ1n) is 4.94. The highest BCUT2D eigenvalue weighted by Crippen LogP contribution is 2.36. The molecule has 0 amide bonds. The summed E-state index contributed by atoms with van der Waals surface area (Å²) < 4.78 is 0. The van der Waals surface area contributed by atoms with Crippen molar-refractivity contribution < 1.29 is 5.11 Å². The second kappa shape index (κ2) is 5.64. The topological polar surface area (TPSA) is 33.1 Å². The van der Waals surface area contributed by atoms with Crippen LogP contribution in [0, 0.1) is 0 Å². The molecule has 1 aromatic carbocycles. The normalized spacial score (nSPS) is 10.7. The maximum absolute atomic E-state index is 9.03. The van der Waals surface area contributed by atoms with E-state index in [1.807, 2.05) is 0 Å². The van der Waals surface area contributed by atoms with E-state index in [0.717, 1.165) is 0 Å². The Morgan fingerprint density at radius 1 is 1.00 bits per heavy atom.